The summed E-state index contributed by atoms with van der Waals surface area (Å²) < 4.78 is 33.7. The van der Waals surface area contributed by atoms with Gasteiger partial charge in [0.25, 0.3) is 0 Å². The standard InChI is InChI=1S/C17H27O8PS/c1-3-17(20)24-16-7-5-4-6-14(16)8-11-27-26(21,23-10-9-18)25-15(12-19)13-22-2/h4-7,15,18-19H,3,8-13H2,1-2H3. The Kier molecular flexibility index (Phi) is 11.9. The van der Waals surface area contributed by atoms with Gasteiger partial charge < -0.3 is 19.7 Å². The molecule has 1 rings (SSSR count). The first-order valence-electron chi connectivity index (χ1n) is 8.54. The summed E-state index contributed by atoms with van der Waals surface area (Å²) >= 11 is 0.954. The molecule has 0 bridgehead atoms. The maximum atomic E-state index is 12.9. The van der Waals surface area contributed by atoms with E-state index in [0.717, 1.165) is 16.9 Å². The quantitative estimate of drug-likeness (QED) is 0.265. The normalized spacial score (nSPS) is 14.5. The summed E-state index contributed by atoms with van der Waals surface area (Å²) in [5.41, 5.74) is 0.788. The van der Waals surface area contributed by atoms with Crippen LogP contribution in [0.2, 0.25) is 0 Å². The van der Waals surface area contributed by atoms with Crippen molar-refractivity contribution in [2.24, 2.45) is 0 Å². The van der Waals surface area contributed by atoms with Crippen LogP contribution in [0.5, 0.6) is 5.75 Å². The number of para-hydroxylation sites is 1. The van der Waals surface area contributed by atoms with Crippen LogP contribution in [-0.4, -0.2) is 61.6 Å². The molecule has 0 aliphatic heterocycles. The van der Waals surface area contributed by atoms with Crippen molar-refractivity contribution >= 4 is 24.1 Å². The number of esters is 1. The zero-order valence-electron chi connectivity index (χ0n) is 15.5. The van der Waals surface area contributed by atoms with E-state index in [2.05, 4.69) is 0 Å². The number of aryl methyl sites for hydroxylation is 1. The lowest BCUT2D eigenvalue weighted by molar-refractivity contribution is -0.134. The van der Waals surface area contributed by atoms with Gasteiger partial charge in [-0.25, -0.2) is 4.57 Å². The summed E-state index contributed by atoms with van der Waals surface area (Å²) in [5, 5.41) is 18.2. The van der Waals surface area contributed by atoms with Crippen LogP contribution in [0.15, 0.2) is 24.3 Å². The third kappa shape index (κ3) is 9.21. The SMILES string of the molecule is CCC(=O)Oc1ccccc1CCSP(=O)(OCCO)OC(CO)COC. The van der Waals surface area contributed by atoms with Gasteiger partial charge in [-0.3, -0.25) is 13.8 Å². The lowest BCUT2D eigenvalue weighted by Gasteiger charge is -2.22. The minimum absolute atomic E-state index is 0.0549. The Balaban J connectivity index is 2.73. The molecule has 1 aromatic rings. The second-order valence-electron chi connectivity index (χ2n) is 5.39. The summed E-state index contributed by atoms with van der Waals surface area (Å²) in [6.45, 7) is -2.69. The van der Waals surface area contributed by atoms with Gasteiger partial charge in [0, 0.05) is 19.3 Å². The number of hydrogen-bond acceptors (Lipinski definition) is 9. The molecule has 8 nitrogen and oxygen atoms in total. The van der Waals surface area contributed by atoms with Crippen LogP contribution in [0, 0.1) is 0 Å². The molecule has 0 amide bonds. The van der Waals surface area contributed by atoms with Crippen LogP contribution in [0.1, 0.15) is 18.9 Å². The van der Waals surface area contributed by atoms with E-state index in [9.17, 15) is 14.5 Å². The average Bonchev–Trinajstić information content (AvgIpc) is 2.67. The largest absolute Gasteiger partial charge is 0.426 e. The van der Waals surface area contributed by atoms with Gasteiger partial charge in [0.2, 0.25) is 0 Å². The molecular weight excluding hydrogens is 395 g/mol. The number of carbonyl (C=O) groups is 1. The predicted octanol–water partition coefficient (Wildman–Crippen LogP) is 2.42. The van der Waals surface area contributed by atoms with Crippen LogP contribution in [0.3, 0.4) is 0 Å². The van der Waals surface area contributed by atoms with Crippen molar-refractivity contribution in [2.45, 2.75) is 25.9 Å². The molecule has 0 aliphatic rings. The highest BCUT2D eigenvalue weighted by Crippen LogP contribution is 2.61. The Morgan fingerprint density at radius 3 is 2.67 bits per heavy atom. The summed E-state index contributed by atoms with van der Waals surface area (Å²) in [5.74, 6) is 0.486. The summed E-state index contributed by atoms with van der Waals surface area (Å²) in [6.07, 6.45) is -0.0740. The molecule has 2 atom stereocenters. The number of benzene rings is 1. The minimum atomic E-state index is -3.61. The topological polar surface area (TPSA) is 112 Å². The van der Waals surface area contributed by atoms with Gasteiger partial charge >= 0.3 is 12.8 Å². The van der Waals surface area contributed by atoms with Crippen molar-refractivity contribution < 1.29 is 38.1 Å². The van der Waals surface area contributed by atoms with Crippen LogP contribution in [0.4, 0.5) is 0 Å². The minimum Gasteiger partial charge on any atom is -0.426 e. The van der Waals surface area contributed by atoms with Crippen molar-refractivity contribution in [1.82, 2.24) is 0 Å². The molecule has 0 aromatic heterocycles. The molecule has 0 spiro atoms. The summed E-state index contributed by atoms with van der Waals surface area (Å²) in [7, 11) is 1.44. The van der Waals surface area contributed by atoms with Gasteiger partial charge in [0.05, 0.1) is 26.4 Å². The van der Waals surface area contributed by atoms with E-state index < -0.39 is 12.9 Å². The Bertz CT molecular complexity index is 612. The van der Waals surface area contributed by atoms with Crippen LogP contribution < -0.4 is 4.74 Å². The molecule has 0 heterocycles. The van der Waals surface area contributed by atoms with Gasteiger partial charge in [0.15, 0.2) is 0 Å². The first kappa shape index (κ1) is 24.1. The van der Waals surface area contributed by atoms with E-state index in [-0.39, 0.29) is 38.8 Å². The molecule has 27 heavy (non-hydrogen) atoms. The fraction of sp³-hybridized carbons (Fsp3) is 0.588. The van der Waals surface area contributed by atoms with E-state index in [4.69, 9.17) is 23.6 Å². The smallest absolute Gasteiger partial charge is 0.389 e. The molecule has 0 fully saturated rings. The molecule has 154 valence electrons. The van der Waals surface area contributed by atoms with Crippen LogP contribution in [0.25, 0.3) is 0 Å². The Morgan fingerprint density at radius 2 is 2.04 bits per heavy atom. The highest BCUT2D eigenvalue weighted by Gasteiger charge is 2.30. The number of carbonyl (C=O) groups excluding carboxylic acids is 1. The summed E-state index contributed by atoms with van der Waals surface area (Å²) in [6, 6.07) is 7.11. The van der Waals surface area contributed by atoms with E-state index in [1.165, 1.54) is 7.11 Å². The molecule has 2 unspecified atom stereocenters. The molecule has 1 aromatic carbocycles. The first-order valence-corrected chi connectivity index (χ1v) is 11.7. The first-order chi connectivity index (χ1) is 13.0. The predicted molar refractivity (Wildman–Crippen MR) is 103 cm³/mol. The average molecular weight is 422 g/mol. The number of ether oxygens (including phenoxy) is 2. The second-order valence-corrected chi connectivity index (χ2v) is 9.53. The molecule has 0 aliphatic carbocycles. The highest BCUT2D eigenvalue weighted by molar-refractivity contribution is 8.55. The number of methoxy groups -OCH3 is 1. The van der Waals surface area contributed by atoms with Crippen LogP contribution >= 0.6 is 18.2 Å². The zero-order chi connectivity index (χ0) is 20.1. The third-order valence-electron chi connectivity index (χ3n) is 3.28. The van der Waals surface area contributed by atoms with E-state index in [1.807, 2.05) is 12.1 Å². The van der Waals surface area contributed by atoms with E-state index in [1.54, 1.807) is 19.1 Å². The zero-order valence-corrected chi connectivity index (χ0v) is 17.2. The number of hydrogen-bond donors (Lipinski definition) is 2. The maximum absolute atomic E-state index is 12.9. The fourth-order valence-corrected chi connectivity index (χ4v) is 5.48. The van der Waals surface area contributed by atoms with Gasteiger partial charge in [-0.05, 0) is 29.4 Å². The van der Waals surface area contributed by atoms with Crippen molar-refractivity contribution in [3.63, 3.8) is 0 Å². The lowest BCUT2D eigenvalue weighted by atomic mass is 10.1. The van der Waals surface area contributed by atoms with Gasteiger partial charge in [-0.2, -0.15) is 0 Å². The van der Waals surface area contributed by atoms with Gasteiger partial charge in [-0.15, -0.1) is 0 Å². The Labute approximate surface area is 163 Å². The second kappa shape index (κ2) is 13.3. The van der Waals surface area contributed by atoms with E-state index in [0.29, 0.717) is 17.9 Å². The highest BCUT2D eigenvalue weighted by atomic mass is 32.7. The molecule has 10 heteroatoms. The van der Waals surface area contributed by atoms with Gasteiger partial charge in [0.1, 0.15) is 11.9 Å². The fourth-order valence-electron chi connectivity index (χ4n) is 2.01. The van der Waals surface area contributed by atoms with Gasteiger partial charge in [-0.1, -0.05) is 25.1 Å². The van der Waals surface area contributed by atoms with Crippen molar-refractivity contribution in [3.05, 3.63) is 29.8 Å². The van der Waals surface area contributed by atoms with Crippen molar-refractivity contribution in [3.8, 4) is 5.75 Å². The van der Waals surface area contributed by atoms with Crippen LogP contribution in [-0.2, 0) is 29.6 Å². The molecule has 0 saturated heterocycles. The van der Waals surface area contributed by atoms with E-state index >= 15 is 0 Å². The lowest BCUT2D eigenvalue weighted by Crippen LogP contribution is -2.22. The number of aliphatic hydroxyl groups excluding tert-OH is 2. The molecule has 0 saturated carbocycles. The summed E-state index contributed by atoms with van der Waals surface area (Å²) in [4.78, 5) is 11.5. The van der Waals surface area contributed by atoms with Crippen molar-refractivity contribution in [2.75, 3.05) is 39.3 Å². The number of rotatable bonds is 14. The Hall–Kier alpha value is -0.930. The van der Waals surface area contributed by atoms with Crippen molar-refractivity contribution in [1.29, 1.82) is 0 Å². The molecular formula is C17H27O8PS. The molecule has 2 N–H and O–H groups in total. The maximum Gasteiger partial charge on any atom is 0.389 e. The monoisotopic (exact) mass is 422 g/mol. The molecule has 0 radical (unpaired) electrons. The number of aliphatic hydroxyl groups is 2. The third-order valence-corrected chi connectivity index (χ3v) is 7.11. The Morgan fingerprint density at radius 1 is 1.30 bits per heavy atom.